The summed E-state index contributed by atoms with van der Waals surface area (Å²) in [7, 11) is 0. The maximum absolute atomic E-state index is 11.9. The molecule has 0 aliphatic heterocycles. The molecule has 0 fully saturated rings. The number of anilines is 1. The summed E-state index contributed by atoms with van der Waals surface area (Å²) in [4.78, 5) is 23.4. The lowest BCUT2D eigenvalue weighted by atomic mass is 10.1. The smallest absolute Gasteiger partial charge is 0.338 e. The van der Waals surface area contributed by atoms with Gasteiger partial charge in [-0.1, -0.05) is 29.8 Å². The molecule has 0 spiro atoms. The molecule has 5 heteroatoms. The Balaban J connectivity index is 1.77. The first-order chi connectivity index (χ1) is 11.6. The molecular formula is C19H22N2O3. The number of aryl methyl sites for hydroxylation is 1. The highest BCUT2D eigenvalue weighted by Gasteiger charge is 2.07. The van der Waals surface area contributed by atoms with Crippen LogP contribution in [0.2, 0.25) is 0 Å². The van der Waals surface area contributed by atoms with Crippen molar-refractivity contribution in [3.8, 4) is 0 Å². The van der Waals surface area contributed by atoms with Gasteiger partial charge >= 0.3 is 12.0 Å². The molecule has 0 radical (unpaired) electrons. The van der Waals surface area contributed by atoms with Crippen LogP contribution in [0.25, 0.3) is 0 Å². The van der Waals surface area contributed by atoms with Gasteiger partial charge in [0.05, 0.1) is 12.2 Å². The average Bonchev–Trinajstić information content (AvgIpc) is 2.57. The minimum absolute atomic E-state index is 0.272. The number of hydrogen-bond acceptors (Lipinski definition) is 3. The van der Waals surface area contributed by atoms with E-state index < -0.39 is 0 Å². The van der Waals surface area contributed by atoms with Crippen LogP contribution in [-0.4, -0.2) is 25.2 Å². The SMILES string of the molecule is CCOC(=O)c1ccc(NC(=O)NCCc2ccc(C)cc2)cc1. The first kappa shape index (κ1) is 17.5. The van der Waals surface area contributed by atoms with E-state index in [1.807, 2.05) is 6.92 Å². The van der Waals surface area contributed by atoms with Gasteiger partial charge in [0.1, 0.15) is 0 Å². The molecular weight excluding hydrogens is 304 g/mol. The molecule has 126 valence electrons. The number of urea groups is 1. The summed E-state index contributed by atoms with van der Waals surface area (Å²) in [6.07, 6.45) is 0.773. The number of rotatable bonds is 6. The van der Waals surface area contributed by atoms with Gasteiger partial charge in [-0.3, -0.25) is 0 Å². The summed E-state index contributed by atoms with van der Waals surface area (Å²) >= 11 is 0. The Morgan fingerprint density at radius 1 is 1.00 bits per heavy atom. The fourth-order valence-corrected chi connectivity index (χ4v) is 2.15. The number of ether oxygens (including phenoxy) is 1. The van der Waals surface area contributed by atoms with E-state index in [9.17, 15) is 9.59 Å². The second-order valence-electron chi connectivity index (χ2n) is 5.41. The maximum atomic E-state index is 11.9. The molecule has 0 bridgehead atoms. The van der Waals surface area contributed by atoms with E-state index in [2.05, 4.69) is 34.9 Å². The topological polar surface area (TPSA) is 67.4 Å². The van der Waals surface area contributed by atoms with Crippen LogP contribution in [0.15, 0.2) is 48.5 Å². The van der Waals surface area contributed by atoms with Gasteiger partial charge in [-0.15, -0.1) is 0 Å². The first-order valence-electron chi connectivity index (χ1n) is 7.96. The molecule has 2 aromatic rings. The van der Waals surface area contributed by atoms with Gasteiger partial charge in [0.25, 0.3) is 0 Å². The molecule has 0 saturated heterocycles. The fourth-order valence-electron chi connectivity index (χ4n) is 2.15. The van der Waals surface area contributed by atoms with Crippen LogP contribution in [0.4, 0.5) is 10.5 Å². The number of benzene rings is 2. The van der Waals surface area contributed by atoms with E-state index in [-0.39, 0.29) is 12.0 Å². The normalized spacial score (nSPS) is 10.1. The maximum Gasteiger partial charge on any atom is 0.338 e. The van der Waals surface area contributed by atoms with Crippen molar-refractivity contribution in [2.45, 2.75) is 20.3 Å². The van der Waals surface area contributed by atoms with Crippen LogP contribution in [0.3, 0.4) is 0 Å². The largest absolute Gasteiger partial charge is 0.462 e. The van der Waals surface area contributed by atoms with Crippen LogP contribution >= 0.6 is 0 Å². The Kier molecular flexibility index (Phi) is 6.37. The lowest BCUT2D eigenvalue weighted by molar-refractivity contribution is 0.0526. The number of hydrogen-bond donors (Lipinski definition) is 2. The Morgan fingerprint density at radius 3 is 2.29 bits per heavy atom. The van der Waals surface area contributed by atoms with Crippen molar-refractivity contribution in [2.24, 2.45) is 0 Å². The highest BCUT2D eigenvalue weighted by Crippen LogP contribution is 2.10. The van der Waals surface area contributed by atoms with Crippen LogP contribution < -0.4 is 10.6 Å². The van der Waals surface area contributed by atoms with Crippen LogP contribution in [0, 0.1) is 6.92 Å². The fraction of sp³-hybridized carbons (Fsp3) is 0.263. The summed E-state index contributed by atoms with van der Waals surface area (Å²) in [5.41, 5.74) is 3.48. The van der Waals surface area contributed by atoms with Gasteiger partial charge < -0.3 is 15.4 Å². The molecule has 24 heavy (non-hydrogen) atoms. The zero-order valence-corrected chi connectivity index (χ0v) is 14.0. The predicted molar refractivity (Wildman–Crippen MR) is 94.3 cm³/mol. The van der Waals surface area contributed by atoms with E-state index in [0.717, 1.165) is 6.42 Å². The van der Waals surface area contributed by atoms with Crippen LogP contribution in [0.1, 0.15) is 28.4 Å². The molecule has 0 aliphatic carbocycles. The quantitative estimate of drug-likeness (QED) is 0.798. The van der Waals surface area contributed by atoms with Gasteiger partial charge in [-0.05, 0) is 50.1 Å². The Labute approximate surface area is 142 Å². The molecule has 2 aromatic carbocycles. The minimum atomic E-state index is -0.369. The number of esters is 1. The first-order valence-corrected chi connectivity index (χ1v) is 7.96. The highest BCUT2D eigenvalue weighted by atomic mass is 16.5. The van der Waals surface area contributed by atoms with Crippen molar-refractivity contribution in [1.82, 2.24) is 5.32 Å². The van der Waals surface area contributed by atoms with Crippen molar-refractivity contribution < 1.29 is 14.3 Å². The minimum Gasteiger partial charge on any atom is -0.462 e. The molecule has 0 heterocycles. The molecule has 0 aromatic heterocycles. The van der Waals surface area contributed by atoms with Gasteiger partial charge in [0.15, 0.2) is 0 Å². The third-order valence-corrected chi connectivity index (χ3v) is 3.47. The molecule has 0 aliphatic rings. The van der Waals surface area contributed by atoms with Gasteiger partial charge in [0.2, 0.25) is 0 Å². The second kappa shape index (κ2) is 8.72. The van der Waals surface area contributed by atoms with Gasteiger partial charge in [-0.2, -0.15) is 0 Å². The van der Waals surface area contributed by atoms with Crippen LogP contribution in [-0.2, 0) is 11.2 Å². The zero-order valence-electron chi connectivity index (χ0n) is 14.0. The van der Waals surface area contributed by atoms with Crippen molar-refractivity contribution in [1.29, 1.82) is 0 Å². The summed E-state index contributed by atoms with van der Waals surface area (Å²) < 4.78 is 4.91. The number of carbonyl (C=O) groups is 2. The lowest BCUT2D eigenvalue weighted by Gasteiger charge is -2.08. The van der Waals surface area contributed by atoms with E-state index in [1.54, 1.807) is 31.2 Å². The molecule has 2 N–H and O–H groups in total. The standard InChI is InChI=1S/C19H22N2O3/c1-3-24-18(22)16-8-10-17(11-9-16)21-19(23)20-13-12-15-6-4-14(2)5-7-15/h4-11H,3,12-13H2,1-2H3,(H2,20,21,23). The van der Waals surface area contributed by atoms with Gasteiger partial charge in [-0.25, -0.2) is 9.59 Å². The number of nitrogens with one attached hydrogen (secondary N) is 2. The Bertz CT molecular complexity index is 679. The number of carbonyl (C=O) groups excluding carboxylic acids is 2. The van der Waals surface area contributed by atoms with Crippen molar-refractivity contribution in [3.63, 3.8) is 0 Å². The van der Waals surface area contributed by atoms with Crippen LogP contribution in [0.5, 0.6) is 0 Å². The second-order valence-corrected chi connectivity index (χ2v) is 5.41. The molecule has 0 saturated carbocycles. The monoisotopic (exact) mass is 326 g/mol. The predicted octanol–water partition coefficient (Wildman–Crippen LogP) is 3.54. The van der Waals surface area contributed by atoms with E-state index >= 15 is 0 Å². The molecule has 0 unspecified atom stereocenters. The van der Waals surface area contributed by atoms with Crippen molar-refractivity contribution in [3.05, 3.63) is 65.2 Å². The van der Waals surface area contributed by atoms with Gasteiger partial charge in [0, 0.05) is 12.2 Å². The number of amides is 2. The lowest BCUT2D eigenvalue weighted by Crippen LogP contribution is -2.30. The van der Waals surface area contributed by atoms with Crippen molar-refractivity contribution >= 4 is 17.7 Å². The molecule has 0 atom stereocenters. The third kappa shape index (κ3) is 5.43. The summed E-state index contributed by atoms with van der Waals surface area (Å²) in [6, 6.07) is 14.6. The third-order valence-electron chi connectivity index (χ3n) is 3.47. The Hall–Kier alpha value is -2.82. The molecule has 2 amide bonds. The zero-order chi connectivity index (χ0) is 17.4. The average molecular weight is 326 g/mol. The Morgan fingerprint density at radius 2 is 1.67 bits per heavy atom. The van der Waals surface area contributed by atoms with Crippen molar-refractivity contribution in [2.75, 3.05) is 18.5 Å². The summed E-state index contributed by atoms with van der Waals surface area (Å²) in [5.74, 6) is -0.369. The van der Waals surface area contributed by atoms with E-state index in [4.69, 9.17) is 4.74 Å². The summed E-state index contributed by atoms with van der Waals surface area (Å²) in [5, 5.41) is 5.54. The highest BCUT2D eigenvalue weighted by molar-refractivity contribution is 5.92. The summed E-state index contributed by atoms with van der Waals surface area (Å²) in [6.45, 7) is 4.69. The van der Waals surface area contributed by atoms with E-state index in [1.165, 1.54) is 11.1 Å². The molecule has 5 nitrogen and oxygen atoms in total. The molecule has 2 rings (SSSR count). The van der Waals surface area contributed by atoms with E-state index in [0.29, 0.717) is 24.4 Å².